The largest absolute Gasteiger partial charge is 0.267 e. The second-order valence-electron chi connectivity index (χ2n) is 5.32. The van der Waals surface area contributed by atoms with Gasteiger partial charge in [0.2, 0.25) is 0 Å². The number of aryl methyl sites for hydroxylation is 1. The third-order valence-electron chi connectivity index (χ3n) is 3.64. The predicted octanol–water partition coefficient (Wildman–Crippen LogP) is 2.83. The molecule has 0 radical (unpaired) electrons. The highest BCUT2D eigenvalue weighted by Crippen LogP contribution is 2.17. The van der Waals surface area contributed by atoms with E-state index in [1.54, 1.807) is 47.6 Å². The van der Waals surface area contributed by atoms with E-state index in [0.29, 0.717) is 28.7 Å². The van der Waals surface area contributed by atoms with E-state index < -0.39 is 10.8 Å². The van der Waals surface area contributed by atoms with Gasteiger partial charge in [-0.05, 0) is 18.6 Å². The Labute approximate surface area is 142 Å². The van der Waals surface area contributed by atoms with E-state index in [1.165, 1.54) is 6.07 Å². The maximum absolute atomic E-state index is 13.7. The van der Waals surface area contributed by atoms with Crippen molar-refractivity contribution in [2.45, 2.75) is 24.9 Å². The molecule has 0 saturated heterocycles. The van der Waals surface area contributed by atoms with Crippen LogP contribution in [0, 0.1) is 5.82 Å². The molecule has 1 atom stereocenters. The van der Waals surface area contributed by atoms with Gasteiger partial charge in [-0.2, -0.15) is 5.10 Å². The monoisotopic (exact) mass is 344 g/mol. The first-order valence-corrected chi connectivity index (χ1v) is 9.11. The van der Waals surface area contributed by atoms with Crippen molar-refractivity contribution in [1.29, 1.82) is 0 Å². The van der Waals surface area contributed by atoms with Crippen molar-refractivity contribution in [1.82, 2.24) is 19.7 Å². The normalized spacial score (nSPS) is 12.3. The number of hydrogen-bond acceptors (Lipinski definition) is 4. The van der Waals surface area contributed by atoms with Gasteiger partial charge >= 0.3 is 0 Å². The molecule has 1 aromatic carbocycles. The van der Waals surface area contributed by atoms with Crippen molar-refractivity contribution in [2.75, 3.05) is 6.26 Å². The van der Waals surface area contributed by atoms with Gasteiger partial charge in [-0.25, -0.2) is 14.4 Å². The fraction of sp³-hybridized carbons (Fsp3) is 0.235. The molecule has 1 unspecified atom stereocenters. The summed E-state index contributed by atoms with van der Waals surface area (Å²) in [5, 5.41) is 4.93. The third kappa shape index (κ3) is 3.41. The average Bonchev–Trinajstić information content (AvgIpc) is 3.05. The molecule has 7 heteroatoms. The van der Waals surface area contributed by atoms with E-state index in [-0.39, 0.29) is 5.82 Å². The molecular formula is C17H17FN4OS. The lowest BCUT2D eigenvalue weighted by molar-refractivity contribution is 0.585. The van der Waals surface area contributed by atoms with E-state index in [4.69, 9.17) is 0 Å². The number of benzene rings is 1. The lowest BCUT2D eigenvalue weighted by atomic mass is 10.2. The quantitative estimate of drug-likeness (QED) is 0.668. The maximum Gasteiger partial charge on any atom is 0.181 e. The van der Waals surface area contributed by atoms with Gasteiger partial charge in [0.05, 0.1) is 17.3 Å². The molecule has 0 fully saturated rings. The highest BCUT2D eigenvalue weighted by atomic mass is 32.2. The molecule has 0 amide bonds. The molecule has 0 bridgehead atoms. The van der Waals surface area contributed by atoms with Crippen LogP contribution in [-0.2, 0) is 23.8 Å². The Morgan fingerprint density at radius 1 is 1.21 bits per heavy atom. The summed E-state index contributed by atoms with van der Waals surface area (Å²) < 4.78 is 27.2. The van der Waals surface area contributed by atoms with Crippen LogP contribution in [0.2, 0.25) is 0 Å². The lowest BCUT2D eigenvalue weighted by Crippen LogP contribution is -2.05. The minimum Gasteiger partial charge on any atom is -0.267 e. The Balaban J connectivity index is 1.89. The Morgan fingerprint density at radius 2 is 2.00 bits per heavy atom. The van der Waals surface area contributed by atoms with Crippen LogP contribution in [0.1, 0.15) is 18.1 Å². The van der Waals surface area contributed by atoms with Gasteiger partial charge in [0, 0.05) is 29.8 Å². The third-order valence-corrected chi connectivity index (χ3v) is 4.54. The summed E-state index contributed by atoms with van der Waals surface area (Å²) in [4.78, 5) is 8.70. The number of rotatable bonds is 5. The SMILES string of the molecule is CCc1cnc(-c2ccn(Cc3ccccc3F)n2)nc1S(C)=O. The van der Waals surface area contributed by atoms with Crippen LogP contribution in [0.4, 0.5) is 4.39 Å². The van der Waals surface area contributed by atoms with Crippen molar-refractivity contribution in [3.05, 3.63) is 59.7 Å². The zero-order valence-electron chi connectivity index (χ0n) is 13.4. The summed E-state index contributed by atoms with van der Waals surface area (Å²) >= 11 is 0. The summed E-state index contributed by atoms with van der Waals surface area (Å²) in [6, 6.07) is 8.36. The summed E-state index contributed by atoms with van der Waals surface area (Å²) in [5.74, 6) is 0.159. The Kier molecular flexibility index (Phi) is 4.80. The van der Waals surface area contributed by atoms with Gasteiger partial charge in [-0.15, -0.1) is 0 Å². The molecule has 0 aliphatic carbocycles. The van der Waals surface area contributed by atoms with Crippen LogP contribution in [0.3, 0.4) is 0 Å². The molecule has 0 spiro atoms. The van der Waals surface area contributed by atoms with E-state index in [0.717, 1.165) is 12.0 Å². The first-order valence-electron chi connectivity index (χ1n) is 7.55. The number of nitrogens with zero attached hydrogens (tertiary/aromatic N) is 4. The second kappa shape index (κ2) is 7.00. The average molecular weight is 344 g/mol. The standard InChI is InChI=1S/C17H17FN4OS/c1-3-12-10-19-16(20-17(12)24(2)23)15-8-9-22(21-15)11-13-6-4-5-7-14(13)18/h4-10H,3,11H2,1-2H3. The molecule has 24 heavy (non-hydrogen) atoms. The Hall–Kier alpha value is -2.41. The molecule has 0 N–H and O–H groups in total. The first kappa shape index (κ1) is 16.4. The fourth-order valence-electron chi connectivity index (χ4n) is 2.38. The van der Waals surface area contributed by atoms with E-state index in [2.05, 4.69) is 15.1 Å². The smallest absolute Gasteiger partial charge is 0.181 e. The molecule has 2 aromatic heterocycles. The van der Waals surface area contributed by atoms with Crippen molar-refractivity contribution in [2.24, 2.45) is 0 Å². The molecule has 0 aliphatic rings. The highest BCUT2D eigenvalue weighted by Gasteiger charge is 2.13. The number of hydrogen-bond donors (Lipinski definition) is 0. The van der Waals surface area contributed by atoms with Crippen LogP contribution in [0.25, 0.3) is 11.5 Å². The maximum atomic E-state index is 13.7. The molecule has 0 saturated carbocycles. The van der Waals surface area contributed by atoms with Crippen molar-refractivity contribution in [3.8, 4) is 11.5 Å². The van der Waals surface area contributed by atoms with Crippen LogP contribution in [0.5, 0.6) is 0 Å². The van der Waals surface area contributed by atoms with Gasteiger partial charge in [-0.3, -0.25) is 8.89 Å². The van der Waals surface area contributed by atoms with Gasteiger partial charge in [0.25, 0.3) is 0 Å². The van der Waals surface area contributed by atoms with E-state index in [1.807, 2.05) is 6.92 Å². The van der Waals surface area contributed by atoms with Crippen molar-refractivity contribution in [3.63, 3.8) is 0 Å². The lowest BCUT2D eigenvalue weighted by Gasteiger charge is -2.05. The van der Waals surface area contributed by atoms with Crippen LogP contribution in [0.15, 0.2) is 47.8 Å². The summed E-state index contributed by atoms with van der Waals surface area (Å²) in [6.07, 6.45) is 5.76. The number of aromatic nitrogens is 4. The zero-order valence-corrected chi connectivity index (χ0v) is 14.3. The summed E-state index contributed by atoms with van der Waals surface area (Å²) in [5.41, 5.74) is 2.00. The van der Waals surface area contributed by atoms with Crippen LogP contribution >= 0.6 is 0 Å². The summed E-state index contributed by atoms with van der Waals surface area (Å²) in [7, 11) is -1.19. The highest BCUT2D eigenvalue weighted by molar-refractivity contribution is 7.84. The van der Waals surface area contributed by atoms with Crippen LogP contribution < -0.4 is 0 Å². The van der Waals surface area contributed by atoms with E-state index >= 15 is 0 Å². The number of halogens is 1. The van der Waals surface area contributed by atoms with Gasteiger partial charge < -0.3 is 0 Å². The van der Waals surface area contributed by atoms with Gasteiger partial charge in [0.1, 0.15) is 16.5 Å². The van der Waals surface area contributed by atoms with Gasteiger partial charge in [0.15, 0.2) is 5.82 Å². The van der Waals surface area contributed by atoms with Gasteiger partial charge in [-0.1, -0.05) is 25.1 Å². The summed E-state index contributed by atoms with van der Waals surface area (Å²) in [6.45, 7) is 2.30. The molecule has 0 aliphatic heterocycles. The molecule has 3 aromatic rings. The molecular weight excluding hydrogens is 327 g/mol. The van der Waals surface area contributed by atoms with E-state index in [9.17, 15) is 8.60 Å². The topological polar surface area (TPSA) is 60.7 Å². The Bertz CT molecular complexity index is 894. The first-order chi connectivity index (χ1) is 11.6. The minimum absolute atomic E-state index is 0.262. The predicted molar refractivity (Wildman–Crippen MR) is 90.5 cm³/mol. The van der Waals surface area contributed by atoms with Crippen molar-refractivity contribution >= 4 is 10.8 Å². The fourth-order valence-corrected chi connectivity index (χ4v) is 3.16. The molecule has 3 rings (SSSR count). The Morgan fingerprint density at radius 3 is 2.71 bits per heavy atom. The minimum atomic E-state index is -1.19. The van der Waals surface area contributed by atoms with Crippen molar-refractivity contribution < 1.29 is 8.60 Å². The molecule has 124 valence electrons. The second-order valence-corrected chi connectivity index (χ2v) is 6.62. The molecule has 2 heterocycles. The van der Waals surface area contributed by atoms with Crippen LogP contribution in [-0.4, -0.2) is 30.2 Å². The zero-order chi connectivity index (χ0) is 17.1. The molecule has 5 nitrogen and oxygen atoms in total.